The van der Waals surface area contributed by atoms with Crippen molar-refractivity contribution in [3.05, 3.63) is 84.3 Å². The number of sulfonamides is 1. The zero-order valence-electron chi connectivity index (χ0n) is 17.5. The Balaban J connectivity index is 1.55. The maximum Gasteiger partial charge on any atom is 0.375 e. The normalized spacial score (nSPS) is 15.5. The number of hydrogen-bond donors (Lipinski definition) is 1. The van der Waals surface area contributed by atoms with Crippen LogP contribution in [-0.4, -0.2) is 50.9 Å². The van der Waals surface area contributed by atoms with E-state index in [2.05, 4.69) is 5.32 Å². The summed E-state index contributed by atoms with van der Waals surface area (Å²) in [5, 5.41) is 2.65. The molecular formula is C23H22N2O7S. The molecule has 1 atom stereocenters. The quantitative estimate of drug-likeness (QED) is 0.528. The number of carbonyl (C=O) groups excluding carboxylic acids is 2. The van der Waals surface area contributed by atoms with Crippen LogP contribution >= 0.6 is 0 Å². The summed E-state index contributed by atoms with van der Waals surface area (Å²) in [4.78, 5) is 25.5. The van der Waals surface area contributed by atoms with E-state index in [0.717, 1.165) is 0 Å². The summed E-state index contributed by atoms with van der Waals surface area (Å²) >= 11 is 0. The molecule has 0 saturated carbocycles. The second kappa shape index (κ2) is 9.99. The fourth-order valence-corrected chi connectivity index (χ4v) is 4.79. The molecule has 172 valence electrons. The molecule has 33 heavy (non-hydrogen) atoms. The van der Waals surface area contributed by atoms with Gasteiger partial charge in [-0.15, -0.1) is 0 Å². The molecule has 9 nitrogen and oxygen atoms in total. The standard InChI is InChI=1S/C23H22N2O7S/c26-22(21(17-6-2-1-3-7-17)32-23(27)20-10-5-13-31-20)24-18-8-4-9-19(16-18)33(28,29)25-11-14-30-15-12-25/h1-10,13,16,21H,11-12,14-15H2,(H,24,26). The van der Waals surface area contributed by atoms with Crippen LogP contribution in [-0.2, 0) is 24.3 Å². The van der Waals surface area contributed by atoms with E-state index in [-0.39, 0.29) is 29.4 Å². The van der Waals surface area contributed by atoms with Gasteiger partial charge in [-0.25, -0.2) is 13.2 Å². The number of morpholine rings is 1. The van der Waals surface area contributed by atoms with Crippen molar-refractivity contribution < 1.29 is 31.9 Å². The van der Waals surface area contributed by atoms with Gasteiger partial charge in [0.2, 0.25) is 21.9 Å². The molecule has 1 N–H and O–H groups in total. The number of carbonyl (C=O) groups is 2. The minimum Gasteiger partial charge on any atom is -0.457 e. The second-order valence-corrected chi connectivity index (χ2v) is 9.14. The van der Waals surface area contributed by atoms with Gasteiger partial charge in [-0.1, -0.05) is 36.4 Å². The van der Waals surface area contributed by atoms with Crippen molar-refractivity contribution in [2.24, 2.45) is 0 Å². The van der Waals surface area contributed by atoms with Crippen LogP contribution in [0.2, 0.25) is 0 Å². The first kappa shape index (κ1) is 22.7. The monoisotopic (exact) mass is 470 g/mol. The predicted octanol–water partition coefficient (Wildman–Crippen LogP) is 2.84. The van der Waals surface area contributed by atoms with Crippen molar-refractivity contribution in [2.75, 3.05) is 31.6 Å². The number of furan rings is 1. The Morgan fingerprint density at radius 3 is 2.42 bits per heavy atom. The van der Waals surface area contributed by atoms with Gasteiger partial charge in [0.05, 0.1) is 24.4 Å². The van der Waals surface area contributed by atoms with E-state index in [1.807, 2.05) is 0 Å². The average molecular weight is 471 g/mol. The van der Waals surface area contributed by atoms with E-state index in [9.17, 15) is 18.0 Å². The van der Waals surface area contributed by atoms with Crippen LogP contribution in [0.3, 0.4) is 0 Å². The number of esters is 1. The first-order chi connectivity index (χ1) is 15.9. The molecule has 1 aliphatic rings. The number of nitrogens with one attached hydrogen (secondary N) is 1. The van der Waals surface area contributed by atoms with Gasteiger partial charge in [0, 0.05) is 24.3 Å². The lowest BCUT2D eigenvalue weighted by Gasteiger charge is -2.26. The van der Waals surface area contributed by atoms with Crippen LogP contribution in [0, 0.1) is 0 Å². The highest BCUT2D eigenvalue weighted by Gasteiger charge is 2.29. The third-order valence-corrected chi connectivity index (χ3v) is 6.89. The summed E-state index contributed by atoms with van der Waals surface area (Å²) in [6.07, 6.45) is 0.0532. The summed E-state index contributed by atoms with van der Waals surface area (Å²) in [5.74, 6) is -1.47. The van der Waals surface area contributed by atoms with Crippen molar-refractivity contribution in [1.82, 2.24) is 4.31 Å². The maximum atomic E-state index is 13.1. The van der Waals surface area contributed by atoms with Crippen molar-refractivity contribution in [1.29, 1.82) is 0 Å². The number of hydrogen-bond acceptors (Lipinski definition) is 7. The van der Waals surface area contributed by atoms with Gasteiger partial charge in [-0.2, -0.15) is 4.31 Å². The Morgan fingerprint density at radius 1 is 0.970 bits per heavy atom. The number of nitrogens with zero attached hydrogens (tertiary/aromatic N) is 1. The molecule has 1 aromatic heterocycles. The Labute approximate surface area is 191 Å². The number of benzene rings is 2. The second-order valence-electron chi connectivity index (χ2n) is 7.21. The lowest BCUT2D eigenvalue weighted by Crippen LogP contribution is -2.40. The average Bonchev–Trinajstić information content (AvgIpc) is 3.39. The third kappa shape index (κ3) is 5.30. The molecular weight excluding hydrogens is 448 g/mol. The molecule has 1 amide bonds. The lowest BCUT2D eigenvalue weighted by atomic mass is 10.1. The van der Waals surface area contributed by atoms with Crippen LogP contribution in [0.4, 0.5) is 5.69 Å². The van der Waals surface area contributed by atoms with Crippen molar-refractivity contribution in [3.8, 4) is 0 Å². The summed E-state index contributed by atoms with van der Waals surface area (Å²) in [6.45, 7) is 1.18. The van der Waals surface area contributed by atoms with Gasteiger partial charge in [-0.3, -0.25) is 4.79 Å². The molecule has 0 aliphatic carbocycles. The molecule has 2 aromatic carbocycles. The summed E-state index contributed by atoms with van der Waals surface area (Å²) in [7, 11) is -3.74. The zero-order valence-corrected chi connectivity index (χ0v) is 18.4. The summed E-state index contributed by atoms with van der Waals surface area (Å²) in [5.41, 5.74) is 0.705. The van der Waals surface area contributed by atoms with Crippen LogP contribution in [0.1, 0.15) is 22.2 Å². The van der Waals surface area contributed by atoms with E-state index >= 15 is 0 Å². The highest BCUT2D eigenvalue weighted by Crippen LogP contribution is 2.24. The Hall–Kier alpha value is -3.47. The molecule has 0 bridgehead atoms. The van der Waals surface area contributed by atoms with E-state index in [4.69, 9.17) is 13.9 Å². The summed E-state index contributed by atoms with van der Waals surface area (Å²) < 4.78 is 42.9. The maximum absolute atomic E-state index is 13.1. The molecule has 1 unspecified atom stereocenters. The van der Waals surface area contributed by atoms with Crippen LogP contribution in [0.15, 0.2) is 82.3 Å². The molecule has 3 aromatic rings. The number of anilines is 1. The smallest absolute Gasteiger partial charge is 0.375 e. The van der Waals surface area contributed by atoms with E-state index in [0.29, 0.717) is 18.8 Å². The fraction of sp³-hybridized carbons (Fsp3) is 0.217. The van der Waals surface area contributed by atoms with E-state index < -0.39 is 28.0 Å². The van der Waals surface area contributed by atoms with Crippen LogP contribution in [0.25, 0.3) is 0 Å². The van der Waals surface area contributed by atoms with Crippen molar-refractivity contribution in [2.45, 2.75) is 11.0 Å². The minimum absolute atomic E-state index is 0.0395. The van der Waals surface area contributed by atoms with Crippen LogP contribution in [0.5, 0.6) is 0 Å². The van der Waals surface area contributed by atoms with Gasteiger partial charge in [-0.05, 0) is 30.3 Å². The first-order valence-corrected chi connectivity index (χ1v) is 11.7. The topological polar surface area (TPSA) is 115 Å². The predicted molar refractivity (Wildman–Crippen MR) is 118 cm³/mol. The summed E-state index contributed by atoms with van der Waals surface area (Å²) in [6, 6.07) is 17.4. The highest BCUT2D eigenvalue weighted by molar-refractivity contribution is 7.89. The Kier molecular flexibility index (Phi) is 6.87. The highest BCUT2D eigenvalue weighted by atomic mass is 32.2. The zero-order chi connectivity index (χ0) is 23.3. The van der Waals surface area contributed by atoms with Crippen molar-refractivity contribution in [3.63, 3.8) is 0 Å². The van der Waals surface area contributed by atoms with Crippen LogP contribution < -0.4 is 5.32 Å². The minimum atomic E-state index is -3.74. The fourth-order valence-electron chi connectivity index (χ4n) is 3.34. The molecule has 2 heterocycles. The van der Waals surface area contributed by atoms with Crippen molar-refractivity contribution >= 4 is 27.6 Å². The molecule has 0 spiro atoms. The number of ether oxygens (including phenoxy) is 2. The molecule has 1 aliphatic heterocycles. The molecule has 0 radical (unpaired) electrons. The van der Waals surface area contributed by atoms with Gasteiger partial charge in [0.25, 0.3) is 5.91 Å². The number of amides is 1. The SMILES string of the molecule is O=C(OC(C(=O)Nc1cccc(S(=O)(=O)N2CCOCC2)c1)c1ccccc1)c1ccco1. The van der Waals surface area contributed by atoms with Gasteiger partial charge in [0.15, 0.2) is 0 Å². The van der Waals surface area contributed by atoms with Gasteiger partial charge < -0.3 is 19.2 Å². The number of rotatable bonds is 7. The lowest BCUT2D eigenvalue weighted by molar-refractivity contribution is -0.125. The van der Waals surface area contributed by atoms with E-state index in [1.54, 1.807) is 36.4 Å². The molecule has 4 rings (SSSR count). The Bertz CT molecular complexity index is 1200. The molecule has 1 fully saturated rings. The molecule has 1 saturated heterocycles. The van der Waals surface area contributed by atoms with Gasteiger partial charge >= 0.3 is 5.97 Å². The Morgan fingerprint density at radius 2 is 1.73 bits per heavy atom. The largest absolute Gasteiger partial charge is 0.457 e. The third-order valence-electron chi connectivity index (χ3n) is 5.00. The molecule has 10 heteroatoms. The first-order valence-electron chi connectivity index (χ1n) is 10.2. The van der Waals surface area contributed by atoms with Gasteiger partial charge in [0.1, 0.15) is 0 Å². The van der Waals surface area contributed by atoms with E-state index in [1.165, 1.54) is 40.9 Å².